The number of fused-ring (bicyclic) bond motifs is 1. The molecule has 0 fully saturated rings. The van der Waals surface area contributed by atoms with Crippen molar-refractivity contribution in [2.24, 2.45) is 5.41 Å². The lowest BCUT2D eigenvalue weighted by Gasteiger charge is -2.40. The third kappa shape index (κ3) is 4.75. The van der Waals surface area contributed by atoms with Crippen LogP contribution in [0.5, 0.6) is 0 Å². The van der Waals surface area contributed by atoms with Crippen molar-refractivity contribution < 1.29 is 0 Å². The fraction of sp³-hybridized carbons (Fsp3) is 0.684. The van der Waals surface area contributed by atoms with Gasteiger partial charge < -0.3 is 5.32 Å². The van der Waals surface area contributed by atoms with Gasteiger partial charge in [-0.3, -0.25) is 0 Å². The molecule has 0 heterocycles. The maximum atomic E-state index is 3.85. The maximum Gasteiger partial charge on any atom is 0.0374 e. The predicted octanol–water partition coefficient (Wildman–Crippen LogP) is 5.21. The molecular formula is C19H31NS. The molecule has 0 saturated heterocycles. The summed E-state index contributed by atoms with van der Waals surface area (Å²) in [5, 5.41) is 3.85. The highest BCUT2D eigenvalue weighted by molar-refractivity contribution is 7.98. The highest BCUT2D eigenvalue weighted by atomic mass is 32.2. The van der Waals surface area contributed by atoms with E-state index in [-0.39, 0.29) is 0 Å². The Balaban J connectivity index is 1.83. The van der Waals surface area contributed by atoms with Crippen LogP contribution in [0.15, 0.2) is 24.3 Å². The third-order valence-corrected chi connectivity index (χ3v) is 5.51. The van der Waals surface area contributed by atoms with Gasteiger partial charge in [0, 0.05) is 6.04 Å². The summed E-state index contributed by atoms with van der Waals surface area (Å²) in [6.45, 7) is 5.99. The van der Waals surface area contributed by atoms with Crippen LogP contribution in [0.2, 0.25) is 0 Å². The van der Waals surface area contributed by atoms with Crippen LogP contribution < -0.4 is 5.32 Å². The van der Waals surface area contributed by atoms with Crippen LogP contribution in [0.3, 0.4) is 0 Å². The number of benzene rings is 1. The average molecular weight is 306 g/mol. The number of hydrogen-bond acceptors (Lipinski definition) is 2. The lowest BCUT2D eigenvalue weighted by Crippen LogP contribution is -2.38. The summed E-state index contributed by atoms with van der Waals surface area (Å²) in [4.78, 5) is 0. The molecular weight excluding hydrogens is 274 g/mol. The van der Waals surface area contributed by atoms with E-state index in [0.717, 1.165) is 6.54 Å². The van der Waals surface area contributed by atoms with Crippen LogP contribution in [0.4, 0.5) is 0 Å². The smallest absolute Gasteiger partial charge is 0.0374 e. The molecule has 1 unspecified atom stereocenters. The first-order valence-corrected chi connectivity index (χ1v) is 9.84. The van der Waals surface area contributed by atoms with Gasteiger partial charge in [-0.05, 0) is 60.8 Å². The first-order chi connectivity index (χ1) is 10.1. The minimum atomic E-state index is 0.368. The molecule has 2 rings (SSSR count). The molecule has 1 aromatic carbocycles. The largest absolute Gasteiger partial charge is 0.309 e. The van der Waals surface area contributed by atoms with E-state index in [1.54, 1.807) is 5.56 Å². The SMILES string of the molecule is CSCCCCCCNC1c2ccccc2CCC1(C)C. The molecule has 1 aliphatic carbocycles. The Hall–Kier alpha value is -0.470. The van der Waals surface area contributed by atoms with Crippen molar-refractivity contribution in [3.8, 4) is 0 Å². The van der Waals surface area contributed by atoms with Gasteiger partial charge in [0.15, 0.2) is 0 Å². The van der Waals surface area contributed by atoms with Crippen molar-refractivity contribution in [1.82, 2.24) is 5.32 Å². The molecule has 0 bridgehead atoms. The molecule has 1 nitrogen and oxygen atoms in total. The van der Waals surface area contributed by atoms with E-state index in [1.165, 1.54) is 49.8 Å². The number of aryl methyl sites for hydroxylation is 1. The van der Waals surface area contributed by atoms with Gasteiger partial charge in [0.25, 0.3) is 0 Å². The molecule has 1 N–H and O–H groups in total. The van der Waals surface area contributed by atoms with Gasteiger partial charge in [0.05, 0.1) is 0 Å². The summed E-state index contributed by atoms with van der Waals surface area (Å²) in [7, 11) is 0. The summed E-state index contributed by atoms with van der Waals surface area (Å²) in [6.07, 6.45) is 10.1. The van der Waals surface area contributed by atoms with Gasteiger partial charge in [-0.25, -0.2) is 0 Å². The van der Waals surface area contributed by atoms with Crippen LogP contribution in [0.1, 0.15) is 63.1 Å². The van der Waals surface area contributed by atoms with Crippen molar-refractivity contribution >= 4 is 11.8 Å². The molecule has 0 amide bonds. The summed E-state index contributed by atoms with van der Waals surface area (Å²) in [5.41, 5.74) is 3.46. The van der Waals surface area contributed by atoms with Crippen molar-refractivity contribution in [3.05, 3.63) is 35.4 Å². The molecule has 0 aromatic heterocycles. The zero-order valence-electron chi connectivity index (χ0n) is 14.0. The van der Waals surface area contributed by atoms with Gasteiger partial charge in [-0.2, -0.15) is 11.8 Å². The van der Waals surface area contributed by atoms with Gasteiger partial charge >= 0.3 is 0 Å². The second kappa shape index (κ2) is 8.24. The number of nitrogens with one attached hydrogen (secondary N) is 1. The first-order valence-electron chi connectivity index (χ1n) is 8.45. The van der Waals surface area contributed by atoms with Crippen molar-refractivity contribution in [1.29, 1.82) is 0 Å². The molecule has 0 radical (unpaired) electrons. The van der Waals surface area contributed by atoms with Crippen molar-refractivity contribution in [2.45, 2.75) is 58.4 Å². The fourth-order valence-electron chi connectivity index (χ4n) is 3.42. The van der Waals surface area contributed by atoms with Crippen molar-refractivity contribution in [3.63, 3.8) is 0 Å². The molecule has 1 atom stereocenters. The Morgan fingerprint density at radius 1 is 1.14 bits per heavy atom. The first kappa shape index (κ1) is 16.9. The number of thioether (sulfide) groups is 1. The Bertz CT molecular complexity index is 427. The van der Waals surface area contributed by atoms with E-state index in [0.29, 0.717) is 11.5 Å². The monoisotopic (exact) mass is 305 g/mol. The molecule has 118 valence electrons. The summed E-state index contributed by atoms with van der Waals surface area (Å²) in [6, 6.07) is 9.53. The zero-order chi connectivity index (χ0) is 15.1. The third-order valence-electron chi connectivity index (χ3n) is 4.81. The van der Waals surface area contributed by atoms with E-state index >= 15 is 0 Å². The van der Waals surface area contributed by atoms with Gasteiger partial charge in [0.1, 0.15) is 0 Å². The predicted molar refractivity (Wildman–Crippen MR) is 96.1 cm³/mol. The molecule has 1 aromatic rings. The Labute approximate surface area is 135 Å². The molecule has 0 aliphatic heterocycles. The van der Waals surface area contributed by atoms with Crippen LogP contribution in [-0.2, 0) is 6.42 Å². The minimum absolute atomic E-state index is 0.368. The maximum absolute atomic E-state index is 3.85. The van der Waals surface area contributed by atoms with E-state index in [1.807, 2.05) is 11.8 Å². The van der Waals surface area contributed by atoms with E-state index in [9.17, 15) is 0 Å². The summed E-state index contributed by atoms with van der Waals surface area (Å²) in [5.74, 6) is 1.32. The van der Waals surface area contributed by atoms with Crippen LogP contribution >= 0.6 is 11.8 Å². The van der Waals surface area contributed by atoms with Crippen molar-refractivity contribution in [2.75, 3.05) is 18.6 Å². The van der Waals surface area contributed by atoms with Crippen LogP contribution in [0, 0.1) is 5.41 Å². The lowest BCUT2D eigenvalue weighted by molar-refractivity contribution is 0.209. The normalized spacial score (nSPS) is 20.2. The van der Waals surface area contributed by atoms with E-state index in [2.05, 4.69) is 49.7 Å². The highest BCUT2D eigenvalue weighted by Gasteiger charge is 2.34. The Morgan fingerprint density at radius 3 is 2.71 bits per heavy atom. The highest BCUT2D eigenvalue weighted by Crippen LogP contribution is 2.43. The second-order valence-corrected chi connectivity index (χ2v) is 7.97. The Kier molecular flexibility index (Phi) is 6.63. The lowest BCUT2D eigenvalue weighted by atomic mass is 9.70. The molecule has 1 aliphatic rings. The summed E-state index contributed by atoms with van der Waals surface area (Å²) < 4.78 is 0. The standard InChI is InChI=1S/C19H31NS/c1-19(2)13-12-16-10-6-7-11-17(16)18(19)20-14-8-4-5-9-15-21-3/h6-7,10-11,18,20H,4-5,8-9,12-15H2,1-3H3. The van der Waals surface area contributed by atoms with E-state index in [4.69, 9.17) is 0 Å². The fourth-order valence-corrected chi connectivity index (χ4v) is 3.92. The van der Waals surface area contributed by atoms with Gasteiger partial charge in [-0.15, -0.1) is 0 Å². The van der Waals surface area contributed by atoms with Crippen LogP contribution in [0.25, 0.3) is 0 Å². The van der Waals surface area contributed by atoms with Crippen LogP contribution in [-0.4, -0.2) is 18.6 Å². The number of unbranched alkanes of at least 4 members (excludes halogenated alkanes) is 3. The average Bonchev–Trinajstić information content (AvgIpc) is 2.48. The number of rotatable bonds is 8. The topological polar surface area (TPSA) is 12.0 Å². The number of hydrogen-bond donors (Lipinski definition) is 1. The second-order valence-electron chi connectivity index (χ2n) is 6.98. The minimum Gasteiger partial charge on any atom is -0.309 e. The van der Waals surface area contributed by atoms with E-state index < -0.39 is 0 Å². The quantitative estimate of drug-likeness (QED) is 0.661. The van der Waals surface area contributed by atoms with Gasteiger partial charge in [0.2, 0.25) is 0 Å². The summed E-state index contributed by atoms with van der Waals surface area (Å²) >= 11 is 1.96. The van der Waals surface area contributed by atoms with Gasteiger partial charge in [-0.1, -0.05) is 51.0 Å². The molecule has 2 heteroatoms. The molecule has 0 saturated carbocycles. The zero-order valence-corrected chi connectivity index (χ0v) is 14.8. The Morgan fingerprint density at radius 2 is 1.90 bits per heavy atom. The molecule has 21 heavy (non-hydrogen) atoms. The molecule has 0 spiro atoms.